The number of benzene rings is 1. The summed E-state index contributed by atoms with van der Waals surface area (Å²) >= 11 is 3.21. The Labute approximate surface area is 121 Å². The summed E-state index contributed by atoms with van der Waals surface area (Å²) in [5, 5.41) is 2.65. The first-order valence-electron chi connectivity index (χ1n) is 5.79. The van der Waals surface area contributed by atoms with Gasteiger partial charge in [0.25, 0.3) is 0 Å². The Balaban J connectivity index is 2.79. The molecule has 0 aliphatic carbocycles. The number of carbonyl (C=O) groups is 1. The molecule has 0 spiro atoms. The first kappa shape index (κ1) is 16.0. The summed E-state index contributed by atoms with van der Waals surface area (Å²) in [5.41, 5.74) is 5.86. The standard InChI is InChI=1S/C12H17BrN2O3S/c1-8(2)15-12(16)5-6-19(17,18)11-4-3-9(13)7-10(11)14/h3-4,7-8H,5-6,14H2,1-2H3,(H,15,16). The van der Waals surface area contributed by atoms with Crippen LogP contribution in [0.1, 0.15) is 20.3 Å². The predicted molar refractivity (Wildman–Crippen MR) is 78.5 cm³/mol. The van der Waals surface area contributed by atoms with Crippen LogP contribution in [0.5, 0.6) is 0 Å². The van der Waals surface area contributed by atoms with Gasteiger partial charge in [0, 0.05) is 16.9 Å². The molecule has 106 valence electrons. The minimum Gasteiger partial charge on any atom is -0.398 e. The number of nitrogens with two attached hydrogens (primary N) is 1. The number of halogens is 1. The van der Waals surface area contributed by atoms with Crippen molar-refractivity contribution in [1.29, 1.82) is 0 Å². The predicted octanol–water partition coefficient (Wildman–Crippen LogP) is 1.72. The van der Waals surface area contributed by atoms with Crippen LogP contribution in [0.25, 0.3) is 0 Å². The van der Waals surface area contributed by atoms with E-state index in [-0.39, 0.29) is 34.7 Å². The molecule has 19 heavy (non-hydrogen) atoms. The first-order chi connectivity index (χ1) is 8.72. The van der Waals surface area contributed by atoms with E-state index in [0.717, 1.165) is 0 Å². The van der Waals surface area contributed by atoms with Crippen LogP contribution in [-0.4, -0.2) is 26.1 Å². The summed E-state index contributed by atoms with van der Waals surface area (Å²) in [4.78, 5) is 11.5. The second kappa shape index (κ2) is 6.38. The molecule has 0 fully saturated rings. The lowest BCUT2D eigenvalue weighted by Crippen LogP contribution is -2.31. The summed E-state index contributed by atoms with van der Waals surface area (Å²) in [6, 6.07) is 4.57. The van der Waals surface area contributed by atoms with Crippen molar-refractivity contribution in [2.45, 2.75) is 31.2 Å². The summed E-state index contributed by atoms with van der Waals surface area (Å²) in [5.74, 6) is -0.536. The maximum atomic E-state index is 12.1. The van der Waals surface area contributed by atoms with E-state index in [4.69, 9.17) is 5.73 Å². The lowest BCUT2D eigenvalue weighted by atomic mass is 10.3. The number of sulfone groups is 1. The molecule has 0 saturated carbocycles. The van der Waals surface area contributed by atoms with Gasteiger partial charge in [-0.3, -0.25) is 4.79 Å². The van der Waals surface area contributed by atoms with Gasteiger partial charge < -0.3 is 11.1 Å². The van der Waals surface area contributed by atoms with Gasteiger partial charge in [-0.25, -0.2) is 8.42 Å². The lowest BCUT2D eigenvalue weighted by Gasteiger charge is -2.10. The van der Waals surface area contributed by atoms with Crippen LogP contribution < -0.4 is 11.1 Å². The van der Waals surface area contributed by atoms with Crippen LogP contribution in [0, 0.1) is 0 Å². The van der Waals surface area contributed by atoms with Gasteiger partial charge in [0.15, 0.2) is 9.84 Å². The third kappa shape index (κ3) is 4.83. The summed E-state index contributed by atoms with van der Waals surface area (Å²) in [6.07, 6.45) is -0.0734. The van der Waals surface area contributed by atoms with Gasteiger partial charge in [-0.15, -0.1) is 0 Å². The van der Waals surface area contributed by atoms with Crippen LogP contribution in [0.2, 0.25) is 0 Å². The largest absolute Gasteiger partial charge is 0.398 e. The van der Waals surface area contributed by atoms with Gasteiger partial charge in [-0.05, 0) is 32.0 Å². The van der Waals surface area contributed by atoms with Crippen LogP contribution in [0.3, 0.4) is 0 Å². The van der Waals surface area contributed by atoms with E-state index < -0.39 is 9.84 Å². The molecule has 7 heteroatoms. The second-order valence-electron chi connectivity index (χ2n) is 4.47. The molecule has 5 nitrogen and oxygen atoms in total. The topological polar surface area (TPSA) is 89.3 Å². The van der Waals surface area contributed by atoms with Crippen LogP contribution >= 0.6 is 15.9 Å². The third-order valence-corrected chi connectivity index (χ3v) is 4.63. The molecule has 0 saturated heterocycles. The fraction of sp³-hybridized carbons (Fsp3) is 0.417. The average molecular weight is 349 g/mol. The van der Waals surface area contributed by atoms with Crippen LogP contribution in [0.15, 0.2) is 27.6 Å². The number of amides is 1. The SMILES string of the molecule is CC(C)NC(=O)CCS(=O)(=O)c1ccc(Br)cc1N. The Kier molecular flexibility index (Phi) is 5.37. The van der Waals surface area contributed by atoms with E-state index in [9.17, 15) is 13.2 Å². The molecule has 0 atom stereocenters. The summed E-state index contributed by atoms with van der Waals surface area (Å²) in [7, 11) is -3.55. The van der Waals surface area contributed by atoms with Crippen molar-refractivity contribution in [2.75, 3.05) is 11.5 Å². The lowest BCUT2D eigenvalue weighted by molar-refractivity contribution is -0.121. The Morgan fingerprint density at radius 3 is 2.58 bits per heavy atom. The molecule has 0 unspecified atom stereocenters. The fourth-order valence-electron chi connectivity index (χ4n) is 1.53. The van der Waals surface area contributed by atoms with Crippen LogP contribution in [0.4, 0.5) is 5.69 Å². The molecule has 1 rings (SSSR count). The van der Waals surface area contributed by atoms with Crippen LogP contribution in [-0.2, 0) is 14.6 Å². The van der Waals surface area contributed by atoms with Gasteiger partial charge in [-0.1, -0.05) is 15.9 Å². The molecule has 1 amide bonds. The highest BCUT2D eigenvalue weighted by Gasteiger charge is 2.19. The van der Waals surface area contributed by atoms with Crippen molar-refractivity contribution in [3.63, 3.8) is 0 Å². The second-order valence-corrected chi connectivity index (χ2v) is 7.47. The maximum Gasteiger partial charge on any atom is 0.221 e. The zero-order chi connectivity index (χ0) is 14.6. The van der Waals surface area contributed by atoms with Crippen molar-refractivity contribution >= 4 is 37.4 Å². The Morgan fingerprint density at radius 1 is 1.42 bits per heavy atom. The van der Waals surface area contributed by atoms with Gasteiger partial charge in [-0.2, -0.15) is 0 Å². The van der Waals surface area contributed by atoms with E-state index in [1.54, 1.807) is 6.07 Å². The summed E-state index contributed by atoms with van der Waals surface area (Å²) in [6.45, 7) is 3.64. The van der Waals surface area contributed by atoms with E-state index in [1.165, 1.54) is 12.1 Å². The van der Waals surface area contributed by atoms with Crippen molar-refractivity contribution in [2.24, 2.45) is 0 Å². The highest BCUT2D eigenvalue weighted by atomic mass is 79.9. The number of hydrogen-bond acceptors (Lipinski definition) is 4. The first-order valence-corrected chi connectivity index (χ1v) is 8.24. The molecule has 0 bridgehead atoms. The smallest absolute Gasteiger partial charge is 0.221 e. The number of nitrogens with one attached hydrogen (secondary N) is 1. The summed E-state index contributed by atoms with van der Waals surface area (Å²) < 4.78 is 24.9. The molecule has 0 aromatic heterocycles. The van der Waals surface area contributed by atoms with E-state index in [0.29, 0.717) is 4.47 Å². The Bertz CT molecular complexity index is 570. The number of nitrogen functional groups attached to an aromatic ring is 1. The minimum absolute atomic E-state index is 0.00652. The van der Waals surface area contributed by atoms with Gasteiger partial charge in [0.2, 0.25) is 5.91 Å². The van der Waals surface area contributed by atoms with Gasteiger partial charge >= 0.3 is 0 Å². The number of rotatable bonds is 5. The number of anilines is 1. The normalized spacial score (nSPS) is 11.6. The fourth-order valence-corrected chi connectivity index (χ4v) is 3.28. The monoisotopic (exact) mass is 348 g/mol. The van der Waals surface area contributed by atoms with Crippen molar-refractivity contribution in [3.8, 4) is 0 Å². The van der Waals surface area contributed by atoms with Gasteiger partial charge in [0.1, 0.15) is 0 Å². The molecule has 1 aromatic rings. The zero-order valence-electron chi connectivity index (χ0n) is 10.8. The Morgan fingerprint density at radius 2 is 2.05 bits per heavy atom. The van der Waals surface area contributed by atoms with Gasteiger partial charge in [0.05, 0.1) is 16.3 Å². The van der Waals surface area contributed by atoms with E-state index in [1.807, 2.05) is 13.8 Å². The molecule has 3 N–H and O–H groups in total. The van der Waals surface area contributed by atoms with E-state index >= 15 is 0 Å². The van der Waals surface area contributed by atoms with E-state index in [2.05, 4.69) is 21.2 Å². The molecule has 0 heterocycles. The molecular formula is C12H17BrN2O3S. The van der Waals surface area contributed by atoms with Crippen molar-refractivity contribution in [1.82, 2.24) is 5.32 Å². The number of hydrogen-bond donors (Lipinski definition) is 2. The van der Waals surface area contributed by atoms with Crippen molar-refractivity contribution < 1.29 is 13.2 Å². The zero-order valence-corrected chi connectivity index (χ0v) is 13.2. The molecule has 0 aliphatic heterocycles. The molecular weight excluding hydrogens is 332 g/mol. The van der Waals surface area contributed by atoms with Crippen molar-refractivity contribution in [3.05, 3.63) is 22.7 Å². The maximum absolute atomic E-state index is 12.1. The Hall–Kier alpha value is -1.08. The molecule has 1 aromatic carbocycles. The number of carbonyl (C=O) groups excluding carboxylic acids is 1. The highest BCUT2D eigenvalue weighted by Crippen LogP contribution is 2.24. The quantitative estimate of drug-likeness (QED) is 0.792. The third-order valence-electron chi connectivity index (χ3n) is 2.35. The average Bonchev–Trinajstić information content (AvgIpc) is 2.25. The highest BCUT2D eigenvalue weighted by molar-refractivity contribution is 9.10. The molecule has 0 aliphatic rings. The molecule has 0 radical (unpaired) electrons. The minimum atomic E-state index is -3.55.